The van der Waals surface area contributed by atoms with Crippen LogP contribution in [0.1, 0.15) is 12.0 Å². The predicted molar refractivity (Wildman–Crippen MR) is 97.3 cm³/mol. The molecule has 0 radical (unpaired) electrons. The minimum Gasteiger partial charge on any atom is -0.354 e. The van der Waals surface area contributed by atoms with Crippen LogP contribution in [0.2, 0.25) is 0 Å². The molecule has 25 heavy (non-hydrogen) atoms. The Labute approximate surface area is 148 Å². The van der Waals surface area contributed by atoms with Crippen LogP contribution >= 0.6 is 11.3 Å². The zero-order chi connectivity index (χ0) is 17.8. The van der Waals surface area contributed by atoms with E-state index in [0.29, 0.717) is 10.2 Å². The summed E-state index contributed by atoms with van der Waals surface area (Å²) in [6, 6.07) is 11.8. The van der Waals surface area contributed by atoms with Crippen molar-refractivity contribution in [3.05, 3.63) is 52.6 Å². The number of aromatic nitrogens is 2. The van der Waals surface area contributed by atoms with E-state index in [2.05, 4.69) is 10.3 Å². The Balaban J connectivity index is 1.95. The lowest BCUT2D eigenvalue weighted by molar-refractivity contribution is -0.121. The molecule has 126 valence electrons. The Morgan fingerprint density at radius 1 is 1.36 bits per heavy atom. The van der Waals surface area contributed by atoms with E-state index in [4.69, 9.17) is 5.26 Å². The number of fused-ring (bicyclic) bond motifs is 1. The molecule has 0 aliphatic rings. The van der Waals surface area contributed by atoms with Gasteiger partial charge in [0, 0.05) is 11.4 Å². The van der Waals surface area contributed by atoms with Gasteiger partial charge >= 0.3 is 0 Å². The van der Waals surface area contributed by atoms with Gasteiger partial charge in [0.15, 0.2) is 0 Å². The molecule has 0 atom stereocenters. The Morgan fingerprint density at radius 2 is 2.12 bits per heavy atom. The topological polar surface area (TPSA) is 87.8 Å². The molecule has 0 fully saturated rings. The maximum Gasteiger partial charge on any atom is 0.262 e. The fourth-order valence-electron chi connectivity index (χ4n) is 2.61. The van der Waals surface area contributed by atoms with E-state index in [9.17, 15) is 9.59 Å². The molecule has 0 unspecified atom stereocenters. The van der Waals surface area contributed by atoms with Crippen molar-refractivity contribution in [2.75, 3.05) is 6.54 Å². The van der Waals surface area contributed by atoms with E-state index >= 15 is 0 Å². The maximum absolute atomic E-state index is 12.8. The standard InChI is InChI=1S/C18H16N4O2S/c1-12-15-17(25-16(12)13-6-3-2-4-7-13)21-11-22(18(15)24)10-14(23)20-9-5-8-19/h2-4,6-7,11H,5,9-10H2,1H3,(H,20,23). The summed E-state index contributed by atoms with van der Waals surface area (Å²) in [5, 5.41) is 11.7. The van der Waals surface area contributed by atoms with Gasteiger partial charge in [-0.1, -0.05) is 30.3 Å². The molecule has 2 heterocycles. The van der Waals surface area contributed by atoms with Gasteiger partial charge in [0.2, 0.25) is 5.91 Å². The molecule has 0 spiro atoms. The monoisotopic (exact) mass is 352 g/mol. The van der Waals surface area contributed by atoms with Crippen molar-refractivity contribution < 1.29 is 4.79 Å². The SMILES string of the molecule is Cc1c(-c2ccccc2)sc2ncn(CC(=O)NCCC#N)c(=O)c12. The fraction of sp³-hybridized carbons (Fsp3) is 0.222. The second-order valence-electron chi connectivity index (χ2n) is 5.54. The molecule has 1 amide bonds. The molecule has 6 nitrogen and oxygen atoms in total. The molecular weight excluding hydrogens is 336 g/mol. The summed E-state index contributed by atoms with van der Waals surface area (Å²) in [5.41, 5.74) is 1.70. The number of amides is 1. The molecular formula is C18H16N4O2S. The molecule has 0 aliphatic carbocycles. The van der Waals surface area contributed by atoms with Gasteiger partial charge in [-0.05, 0) is 18.1 Å². The maximum atomic E-state index is 12.8. The highest BCUT2D eigenvalue weighted by molar-refractivity contribution is 7.22. The first-order valence-electron chi connectivity index (χ1n) is 7.79. The highest BCUT2D eigenvalue weighted by atomic mass is 32.1. The summed E-state index contributed by atoms with van der Waals surface area (Å²) in [4.78, 5) is 30.7. The van der Waals surface area contributed by atoms with E-state index in [1.165, 1.54) is 22.2 Å². The average Bonchev–Trinajstić information content (AvgIpc) is 2.96. The van der Waals surface area contributed by atoms with Crippen LogP contribution in [-0.4, -0.2) is 22.0 Å². The minimum atomic E-state index is -0.310. The second-order valence-corrected chi connectivity index (χ2v) is 6.54. The van der Waals surface area contributed by atoms with Crippen molar-refractivity contribution in [2.24, 2.45) is 0 Å². The molecule has 0 bridgehead atoms. The van der Waals surface area contributed by atoms with Gasteiger partial charge in [-0.3, -0.25) is 14.2 Å². The Hall–Kier alpha value is -2.98. The fourth-order valence-corrected chi connectivity index (χ4v) is 3.75. The normalized spacial score (nSPS) is 10.6. The summed E-state index contributed by atoms with van der Waals surface area (Å²) < 4.78 is 1.30. The Morgan fingerprint density at radius 3 is 2.84 bits per heavy atom. The van der Waals surface area contributed by atoms with Crippen LogP contribution in [0.25, 0.3) is 20.7 Å². The lowest BCUT2D eigenvalue weighted by Crippen LogP contribution is -2.32. The van der Waals surface area contributed by atoms with Crippen LogP contribution < -0.4 is 10.9 Å². The first-order chi connectivity index (χ1) is 12.1. The molecule has 3 aromatic rings. The molecule has 0 saturated heterocycles. The molecule has 0 saturated carbocycles. The van der Waals surface area contributed by atoms with Gasteiger partial charge < -0.3 is 5.32 Å². The average molecular weight is 352 g/mol. The second kappa shape index (κ2) is 7.28. The third-order valence-corrected chi connectivity index (χ3v) is 5.08. The summed E-state index contributed by atoms with van der Waals surface area (Å²) in [6.07, 6.45) is 1.64. The quantitative estimate of drug-likeness (QED) is 0.715. The van der Waals surface area contributed by atoms with Gasteiger partial charge in [-0.25, -0.2) is 4.98 Å². The van der Waals surface area contributed by atoms with Crippen LogP contribution in [0, 0.1) is 18.3 Å². The Kier molecular flexibility index (Phi) is 4.91. The van der Waals surface area contributed by atoms with Gasteiger partial charge in [-0.2, -0.15) is 5.26 Å². The van der Waals surface area contributed by atoms with Crippen LogP contribution in [0.3, 0.4) is 0 Å². The molecule has 1 N–H and O–H groups in total. The zero-order valence-electron chi connectivity index (χ0n) is 13.7. The van der Waals surface area contributed by atoms with E-state index in [-0.39, 0.29) is 31.0 Å². The largest absolute Gasteiger partial charge is 0.354 e. The number of rotatable bonds is 5. The molecule has 3 rings (SSSR count). The van der Waals surface area contributed by atoms with Crippen LogP contribution in [0.4, 0.5) is 0 Å². The lowest BCUT2D eigenvalue weighted by atomic mass is 10.1. The first kappa shape index (κ1) is 16.9. The van der Waals surface area contributed by atoms with Gasteiger partial charge in [0.1, 0.15) is 11.4 Å². The number of hydrogen-bond donors (Lipinski definition) is 1. The van der Waals surface area contributed by atoms with Crippen molar-refractivity contribution in [2.45, 2.75) is 19.9 Å². The van der Waals surface area contributed by atoms with Crippen LogP contribution in [0.15, 0.2) is 41.5 Å². The number of nitrogens with one attached hydrogen (secondary N) is 1. The van der Waals surface area contributed by atoms with Gasteiger partial charge in [-0.15, -0.1) is 11.3 Å². The number of carbonyl (C=O) groups excluding carboxylic acids is 1. The number of carbonyl (C=O) groups is 1. The highest BCUT2D eigenvalue weighted by Gasteiger charge is 2.16. The minimum absolute atomic E-state index is 0.108. The predicted octanol–water partition coefficient (Wildman–Crippen LogP) is 2.46. The zero-order valence-corrected chi connectivity index (χ0v) is 14.5. The summed E-state index contributed by atoms with van der Waals surface area (Å²) in [5.74, 6) is -0.310. The lowest BCUT2D eigenvalue weighted by Gasteiger charge is -2.06. The molecule has 1 aromatic carbocycles. The summed E-state index contributed by atoms with van der Waals surface area (Å²) in [6.45, 7) is 2.07. The number of aryl methyl sites for hydroxylation is 1. The summed E-state index contributed by atoms with van der Waals surface area (Å²) >= 11 is 1.47. The van der Waals surface area contributed by atoms with Crippen LogP contribution in [-0.2, 0) is 11.3 Å². The van der Waals surface area contributed by atoms with E-state index in [0.717, 1.165) is 16.0 Å². The van der Waals surface area contributed by atoms with E-state index in [1.807, 2.05) is 43.3 Å². The number of hydrogen-bond acceptors (Lipinski definition) is 5. The van der Waals surface area contributed by atoms with E-state index in [1.54, 1.807) is 0 Å². The first-order valence-corrected chi connectivity index (χ1v) is 8.61. The van der Waals surface area contributed by atoms with Crippen molar-refractivity contribution >= 4 is 27.5 Å². The van der Waals surface area contributed by atoms with Gasteiger partial charge in [0.25, 0.3) is 5.56 Å². The number of nitriles is 1. The number of benzene rings is 1. The molecule has 0 aliphatic heterocycles. The molecule has 7 heteroatoms. The third kappa shape index (κ3) is 3.44. The van der Waals surface area contributed by atoms with Gasteiger partial charge in [0.05, 0.1) is 24.2 Å². The van der Waals surface area contributed by atoms with Crippen molar-refractivity contribution in [3.8, 4) is 16.5 Å². The molecule has 2 aromatic heterocycles. The van der Waals surface area contributed by atoms with E-state index < -0.39 is 0 Å². The highest BCUT2D eigenvalue weighted by Crippen LogP contribution is 2.35. The van der Waals surface area contributed by atoms with Crippen molar-refractivity contribution in [1.29, 1.82) is 5.26 Å². The third-order valence-electron chi connectivity index (χ3n) is 3.83. The van der Waals surface area contributed by atoms with Crippen molar-refractivity contribution in [3.63, 3.8) is 0 Å². The number of thiophene rings is 1. The smallest absolute Gasteiger partial charge is 0.262 e. The van der Waals surface area contributed by atoms with Crippen molar-refractivity contribution in [1.82, 2.24) is 14.9 Å². The number of nitrogens with zero attached hydrogens (tertiary/aromatic N) is 3. The summed E-state index contributed by atoms with van der Waals surface area (Å²) in [7, 11) is 0. The van der Waals surface area contributed by atoms with Crippen LogP contribution in [0.5, 0.6) is 0 Å². The Bertz CT molecular complexity index is 1020.